The highest BCUT2D eigenvalue weighted by atomic mass is 16.2. The van der Waals surface area contributed by atoms with Crippen LogP contribution in [-0.2, 0) is 20.1 Å². The predicted octanol–water partition coefficient (Wildman–Crippen LogP) is -0.367. The number of hydrogen-bond donors (Lipinski definition) is 0. The van der Waals surface area contributed by atoms with E-state index in [9.17, 15) is 9.59 Å². The Labute approximate surface area is 109 Å². The van der Waals surface area contributed by atoms with Crippen LogP contribution in [0.1, 0.15) is 16.2 Å². The Hall–Kier alpha value is -2.44. The summed E-state index contributed by atoms with van der Waals surface area (Å²) in [5, 5.41) is 8.15. The van der Waals surface area contributed by atoms with Gasteiger partial charge < -0.3 is 4.90 Å². The number of rotatable bonds is 1. The summed E-state index contributed by atoms with van der Waals surface area (Å²) in [7, 11) is 1.53. The summed E-state index contributed by atoms with van der Waals surface area (Å²) in [6.07, 6.45) is 1.73. The second-order valence-corrected chi connectivity index (χ2v) is 4.45. The van der Waals surface area contributed by atoms with Gasteiger partial charge in [0.1, 0.15) is 5.69 Å². The maximum atomic E-state index is 12.3. The van der Waals surface area contributed by atoms with Gasteiger partial charge in [-0.15, -0.1) is 0 Å². The third kappa shape index (κ3) is 2.03. The van der Waals surface area contributed by atoms with Crippen molar-refractivity contribution in [3.63, 3.8) is 0 Å². The molecule has 1 aliphatic rings. The summed E-state index contributed by atoms with van der Waals surface area (Å²) in [5.74, 6) is -0.164. The van der Waals surface area contributed by atoms with Gasteiger partial charge in [-0.3, -0.25) is 14.3 Å². The second-order valence-electron chi connectivity index (χ2n) is 4.45. The van der Waals surface area contributed by atoms with E-state index in [1.165, 1.54) is 23.9 Å². The number of carbonyl (C=O) groups excluding carboxylic acids is 1. The van der Waals surface area contributed by atoms with Crippen molar-refractivity contribution in [1.29, 1.82) is 0 Å². The molecule has 98 valence electrons. The molecule has 3 heterocycles. The molecular formula is C12H13N5O2. The minimum absolute atomic E-state index is 0.164. The molecule has 1 amide bonds. The SMILES string of the molecule is Cn1nc(C(=O)N2CCn3nccc3C2)ccc1=O. The number of fused-ring (bicyclic) bond motifs is 1. The average molecular weight is 259 g/mol. The fourth-order valence-corrected chi connectivity index (χ4v) is 2.14. The summed E-state index contributed by atoms with van der Waals surface area (Å²) in [5.41, 5.74) is 1.06. The van der Waals surface area contributed by atoms with Gasteiger partial charge in [0.2, 0.25) is 0 Å². The summed E-state index contributed by atoms with van der Waals surface area (Å²) < 4.78 is 3.05. The molecule has 0 radical (unpaired) electrons. The van der Waals surface area contributed by atoms with Crippen molar-refractivity contribution in [2.24, 2.45) is 7.05 Å². The third-order valence-electron chi connectivity index (χ3n) is 3.21. The molecule has 0 atom stereocenters. The molecule has 19 heavy (non-hydrogen) atoms. The van der Waals surface area contributed by atoms with Gasteiger partial charge in [-0.2, -0.15) is 10.2 Å². The number of aromatic nitrogens is 4. The van der Waals surface area contributed by atoms with Crippen molar-refractivity contribution in [3.05, 3.63) is 46.1 Å². The van der Waals surface area contributed by atoms with Crippen LogP contribution in [0.2, 0.25) is 0 Å². The van der Waals surface area contributed by atoms with Gasteiger partial charge in [0.25, 0.3) is 11.5 Å². The Balaban J connectivity index is 1.85. The molecule has 7 nitrogen and oxygen atoms in total. The van der Waals surface area contributed by atoms with E-state index < -0.39 is 0 Å². The number of hydrogen-bond acceptors (Lipinski definition) is 4. The molecule has 0 saturated heterocycles. The molecule has 0 N–H and O–H groups in total. The van der Waals surface area contributed by atoms with E-state index in [0.717, 1.165) is 5.69 Å². The van der Waals surface area contributed by atoms with Crippen LogP contribution in [0.5, 0.6) is 0 Å². The molecular weight excluding hydrogens is 246 g/mol. The van der Waals surface area contributed by atoms with Gasteiger partial charge in [-0.1, -0.05) is 0 Å². The highest BCUT2D eigenvalue weighted by Gasteiger charge is 2.23. The minimum atomic E-state index is -0.228. The molecule has 0 bridgehead atoms. The zero-order chi connectivity index (χ0) is 13.4. The Morgan fingerprint density at radius 3 is 2.89 bits per heavy atom. The molecule has 1 aliphatic heterocycles. The number of carbonyl (C=O) groups is 1. The fourth-order valence-electron chi connectivity index (χ4n) is 2.14. The van der Waals surface area contributed by atoms with E-state index in [-0.39, 0.29) is 17.2 Å². The lowest BCUT2D eigenvalue weighted by atomic mass is 10.2. The molecule has 2 aromatic heterocycles. The van der Waals surface area contributed by atoms with E-state index in [0.29, 0.717) is 19.6 Å². The van der Waals surface area contributed by atoms with E-state index in [4.69, 9.17) is 0 Å². The van der Waals surface area contributed by atoms with Crippen LogP contribution in [0, 0.1) is 0 Å². The van der Waals surface area contributed by atoms with Crippen molar-refractivity contribution >= 4 is 5.91 Å². The lowest BCUT2D eigenvalue weighted by molar-refractivity contribution is 0.0697. The van der Waals surface area contributed by atoms with E-state index in [2.05, 4.69) is 10.2 Å². The van der Waals surface area contributed by atoms with Crippen molar-refractivity contribution in [1.82, 2.24) is 24.5 Å². The lowest BCUT2D eigenvalue weighted by Gasteiger charge is -2.27. The van der Waals surface area contributed by atoms with Gasteiger partial charge in [-0.05, 0) is 12.1 Å². The maximum absolute atomic E-state index is 12.3. The first-order valence-corrected chi connectivity index (χ1v) is 5.99. The first kappa shape index (κ1) is 11.6. The monoisotopic (exact) mass is 259 g/mol. The van der Waals surface area contributed by atoms with Crippen molar-refractivity contribution < 1.29 is 4.79 Å². The molecule has 0 aliphatic carbocycles. The van der Waals surface area contributed by atoms with Crippen LogP contribution >= 0.6 is 0 Å². The van der Waals surface area contributed by atoms with Gasteiger partial charge >= 0.3 is 0 Å². The van der Waals surface area contributed by atoms with E-state index in [1.807, 2.05) is 10.7 Å². The molecule has 7 heteroatoms. The van der Waals surface area contributed by atoms with Crippen LogP contribution < -0.4 is 5.56 Å². The van der Waals surface area contributed by atoms with Crippen molar-refractivity contribution in [2.75, 3.05) is 6.54 Å². The van der Waals surface area contributed by atoms with Gasteiger partial charge in [0, 0.05) is 25.9 Å². The van der Waals surface area contributed by atoms with Crippen LogP contribution in [0.15, 0.2) is 29.2 Å². The molecule has 0 aromatic carbocycles. The van der Waals surface area contributed by atoms with Crippen LogP contribution in [0.25, 0.3) is 0 Å². The zero-order valence-electron chi connectivity index (χ0n) is 10.5. The van der Waals surface area contributed by atoms with Crippen LogP contribution in [0.4, 0.5) is 0 Å². The topological polar surface area (TPSA) is 73.0 Å². The normalized spacial score (nSPS) is 14.3. The van der Waals surface area contributed by atoms with Gasteiger partial charge in [0.05, 0.1) is 18.8 Å². The standard InChI is InChI=1S/C12H13N5O2/c1-15-11(18)3-2-10(14-15)12(19)16-6-7-17-9(8-16)4-5-13-17/h2-5H,6-8H2,1H3. The largest absolute Gasteiger partial charge is 0.330 e. The lowest BCUT2D eigenvalue weighted by Crippen LogP contribution is -2.39. The highest BCUT2D eigenvalue weighted by Crippen LogP contribution is 2.13. The summed E-state index contributed by atoms with van der Waals surface area (Å²) in [4.78, 5) is 25.3. The quantitative estimate of drug-likeness (QED) is 0.700. The Kier molecular flexibility index (Phi) is 2.66. The number of aryl methyl sites for hydroxylation is 1. The predicted molar refractivity (Wildman–Crippen MR) is 66.4 cm³/mol. The summed E-state index contributed by atoms with van der Waals surface area (Å²) in [6.45, 7) is 1.79. The minimum Gasteiger partial charge on any atom is -0.330 e. The highest BCUT2D eigenvalue weighted by molar-refractivity contribution is 5.92. The van der Waals surface area contributed by atoms with Gasteiger partial charge in [-0.25, -0.2) is 4.68 Å². The fraction of sp³-hybridized carbons (Fsp3) is 0.333. The summed E-state index contributed by atoms with van der Waals surface area (Å²) in [6, 6.07) is 4.72. The Morgan fingerprint density at radius 1 is 1.26 bits per heavy atom. The van der Waals surface area contributed by atoms with Gasteiger partial charge in [0.15, 0.2) is 0 Å². The summed E-state index contributed by atoms with van der Waals surface area (Å²) >= 11 is 0. The van der Waals surface area contributed by atoms with Crippen LogP contribution in [0.3, 0.4) is 0 Å². The molecule has 0 spiro atoms. The van der Waals surface area contributed by atoms with Crippen LogP contribution in [-0.4, -0.2) is 36.9 Å². The van der Waals surface area contributed by atoms with Crippen molar-refractivity contribution in [3.8, 4) is 0 Å². The molecule has 0 saturated carbocycles. The Bertz CT molecular complexity index is 687. The number of amides is 1. The second kappa shape index (κ2) is 4.34. The zero-order valence-corrected chi connectivity index (χ0v) is 10.5. The average Bonchev–Trinajstić information content (AvgIpc) is 2.88. The van der Waals surface area contributed by atoms with E-state index in [1.54, 1.807) is 11.1 Å². The number of nitrogens with zero attached hydrogens (tertiary/aromatic N) is 5. The molecule has 0 fully saturated rings. The molecule has 0 unspecified atom stereocenters. The third-order valence-corrected chi connectivity index (χ3v) is 3.21. The smallest absolute Gasteiger partial charge is 0.274 e. The first-order valence-electron chi connectivity index (χ1n) is 5.99. The first-order chi connectivity index (χ1) is 9.15. The van der Waals surface area contributed by atoms with E-state index >= 15 is 0 Å². The van der Waals surface area contributed by atoms with Crippen molar-refractivity contribution in [2.45, 2.75) is 13.1 Å². The molecule has 3 rings (SSSR count). The maximum Gasteiger partial charge on any atom is 0.274 e. The molecule has 2 aromatic rings. The Morgan fingerprint density at radius 2 is 2.11 bits per heavy atom.